The van der Waals surface area contributed by atoms with Gasteiger partial charge in [0.1, 0.15) is 36.1 Å². The smallest absolute Gasteiger partial charge is 0.339 e. The second-order valence-electron chi connectivity index (χ2n) is 12.4. The average Bonchev–Trinajstić information content (AvgIpc) is 3.69. The number of esters is 3. The van der Waals surface area contributed by atoms with E-state index in [4.69, 9.17) is 18.9 Å². The molecular formula is C32H34O8. The Morgan fingerprint density at radius 2 is 1.68 bits per heavy atom. The summed E-state index contributed by atoms with van der Waals surface area (Å²) in [5.74, 6) is -1.77. The van der Waals surface area contributed by atoms with Crippen molar-refractivity contribution in [1.82, 2.24) is 0 Å². The number of ether oxygens (including phenoxy) is 4. The van der Waals surface area contributed by atoms with Gasteiger partial charge >= 0.3 is 17.9 Å². The van der Waals surface area contributed by atoms with E-state index in [1.165, 1.54) is 0 Å². The number of hydrogen-bond donors (Lipinski definition) is 1. The summed E-state index contributed by atoms with van der Waals surface area (Å²) in [6.07, 6.45) is 10.5. The molecule has 1 N–H and O–H groups in total. The van der Waals surface area contributed by atoms with Gasteiger partial charge in [-0.25, -0.2) is 9.59 Å². The molecule has 6 rings (SSSR count). The van der Waals surface area contributed by atoms with Crippen molar-refractivity contribution >= 4 is 17.9 Å². The lowest BCUT2D eigenvalue weighted by molar-refractivity contribution is -0.348. The number of aliphatic hydroxyl groups excluding tert-OH is 1. The third-order valence-electron chi connectivity index (χ3n) is 10.4. The van der Waals surface area contributed by atoms with Crippen LogP contribution in [0.2, 0.25) is 0 Å². The highest BCUT2D eigenvalue weighted by Crippen LogP contribution is 2.68. The fourth-order valence-electron chi connectivity index (χ4n) is 7.98. The molecule has 0 aromatic carbocycles. The molecule has 2 heterocycles. The molecule has 1 saturated carbocycles. The second kappa shape index (κ2) is 9.05. The maximum absolute atomic E-state index is 13.3. The van der Waals surface area contributed by atoms with Crippen molar-refractivity contribution < 1.29 is 38.4 Å². The van der Waals surface area contributed by atoms with E-state index < -0.39 is 52.3 Å². The summed E-state index contributed by atoms with van der Waals surface area (Å²) >= 11 is 0. The van der Waals surface area contributed by atoms with Gasteiger partial charge in [-0.2, -0.15) is 0 Å². The van der Waals surface area contributed by atoms with Crippen LogP contribution >= 0.6 is 0 Å². The maximum atomic E-state index is 13.3. The van der Waals surface area contributed by atoms with Crippen LogP contribution in [0.1, 0.15) is 53.4 Å². The van der Waals surface area contributed by atoms with Crippen LogP contribution < -0.4 is 0 Å². The van der Waals surface area contributed by atoms with E-state index in [0.29, 0.717) is 30.4 Å². The van der Waals surface area contributed by atoms with Crippen molar-refractivity contribution in [2.75, 3.05) is 6.61 Å². The monoisotopic (exact) mass is 546 g/mol. The van der Waals surface area contributed by atoms with Gasteiger partial charge in [0.05, 0.1) is 17.6 Å². The van der Waals surface area contributed by atoms with E-state index in [-0.39, 0.29) is 24.9 Å². The number of carbonyl (C=O) groups excluding carboxylic acids is 3. The number of aliphatic hydroxyl groups is 1. The highest BCUT2D eigenvalue weighted by Gasteiger charge is 2.75. The van der Waals surface area contributed by atoms with Gasteiger partial charge in [-0.15, -0.1) is 11.5 Å². The summed E-state index contributed by atoms with van der Waals surface area (Å²) in [5, 5.41) is 12.2. The summed E-state index contributed by atoms with van der Waals surface area (Å²) in [6.45, 7) is 7.95. The minimum Gasteiger partial charge on any atom is -0.463 e. The first-order valence-corrected chi connectivity index (χ1v) is 13.8. The lowest BCUT2D eigenvalue weighted by atomic mass is 9.42. The van der Waals surface area contributed by atoms with Gasteiger partial charge in [-0.05, 0) is 63.1 Å². The second-order valence-corrected chi connectivity index (χ2v) is 12.4. The number of cyclic esters (lactones) is 1. The first-order chi connectivity index (χ1) is 18.9. The summed E-state index contributed by atoms with van der Waals surface area (Å²) in [6, 6.07) is 0. The summed E-state index contributed by atoms with van der Waals surface area (Å²) in [5.41, 5.74) is 3.68. The molecule has 0 aromatic rings. The molecule has 8 heteroatoms. The first-order valence-electron chi connectivity index (χ1n) is 13.8. The summed E-state index contributed by atoms with van der Waals surface area (Å²) in [4.78, 5) is 38.7. The zero-order valence-electron chi connectivity index (χ0n) is 23.2. The van der Waals surface area contributed by atoms with Crippen molar-refractivity contribution in [1.29, 1.82) is 0 Å². The topological polar surface area (TPSA) is 108 Å². The molecule has 6 aliphatic rings. The van der Waals surface area contributed by atoms with E-state index >= 15 is 0 Å². The standard InChI is InChI=1S/C32H34O8/c1-19-13-14-22(38-27(35)20-9-5-6-10-20)24-29(2)15-16-32(17-23(33)37-18-32)40-31(29,4)25(34)26(30(19,24)3)39-28(36)21-11-7-8-12-21/h5,7,9-13,22,24-26,34H,14-18H2,1-4H3. The Hall–Kier alpha value is -3.41. The van der Waals surface area contributed by atoms with Crippen LogP contribution in [0.25, 0.3) is 0 Å². The number of carbonyl (C=O) groups is 3. The molecule has 3 fully saturated rings. The van der Waals surface area contributed by atoms with Crippen molar-refractivity contribution in [3.05, 3.63) is 70.7 Å². The van der Waals surface area contributed by atoms with Gasteiger partial charge in [0.15, 0.2) is 0 Å². The number of fused-ring (bicyclic) bond motifs is 3. The molecule has 8 nitrogen and oxygen atoms in total. The fourth-order valence-corrected chi connectivity index (χ4v) is 7.98. The third-order valence-corrected chi connectivity index (χ3v) is 10.4. The largest absolute Gasteiger partial charge is 0.463 e. The lowest BCUT2D eigenvalue weighted by Gasteiger charge is -2.69. The van der Waals surface area contributed by atoms with E-state index in [1.54, 1.807) is 36.5 Å². The Kier molecular flexibility index (Phi) is 6.06. The Morgan fingerprint density at radius 3 is 2.25 bits per heavy atom. The molecular weight excluding hydrogens is 512 g/mol. The van der Waals surface area contributed by atoms with Crippen molar-refractivity contribution in [3.8, 4) is 0 Å². The molecule has 2 aliphatic heterocycles. The fraction of sp³-hybridized carbons (Fsp3) is 0.531. The molecule has 0 aromatic heterocycles. The molecule has 8 atom stereocenters. The SMILES string of the molecule is CC1=CCC(OC(=O)C2=CC=C=C2)C2C1(C)C(OC(=O)C1=CC=C=C1)C(O)C1(C)OC3(CCC21C)COC(=O)C3. The maximum Gasteiger partial charge on any atom is 0.339 e. The predicted molar refractivity (Wildman–Crippen MR) is 142 cm³/mol. The van der Waals surface area contributed by atoms with Crippen LogP contribution in [0, 0.1) is 16.7 Å². The molecule has 210 valence electrons. The summed E-state index contributed by atoms with van der Waals surface area (Å²) < 4.78 is 24.5. The number of hydrogen-bond acceptors (Lipinski definition) is 8. The van der Waals surface area contributed by atoms with E-state index in [9.17, 15) is 19.5 Å². The van der Waals surface area contributed by atoms with Crippen molar-refractivity contribution in [3.63, 3.8) is 0 Å². The lowest BCUT2D eigenvalue weighted by Crippen LogP contribution is -2.78. The van der Waals surface area contributed by atoms with E-state index in [2.05, 4.69) is 18.4 Å². The third kappa shape index (κ3) is 3.71. The number of rotatable bonds is 4. The van der Waals surface area contributed by atoms with Crippen LogP contribution in [0.4, 0.5) is 0 Å². The van der Waals surface area contributed by atoms with Crippen LogP contribution in [-0.2, 0) is 33.3 Å². The van der Waals surface area contributed by atoms with Gasteiger partial charge in [0.2, 0.25) is 0 Å². The van der Waals surface area contributed by atoms with Crippen molar-refractivity contribution in [2.24, 2.45) is 16.7 Å². The molecule has 40 heavy (non-hydrogen) atoms. The molecule has 8 unspecified atom stereocenters. The Labute approximate surface area is 233 Å². The first kappa shape index (κ1) is 26.8. The zero-order valence-corrected chi connectivity index (χ0v) is 23.2. The molecule has 0 bridgehead atoms. The van der Waals surface area contributed by atoms with Crippen LogP contribution in [0.3, 0.4) is 0 Å². The van der Waals surface area contributed by atoms with Crippen LogP contribution in [0.15, 0.2) is 70.7 Å². The van der Waals surface area contributed by atoms with E-state index in [1.807, 2.05) is 26.8 Å². The van der Waals surface area contributed by atoms with Crippen LogP contribution in [-0.4, -0.2) is 59.1 Å². The Balaban J connectivity index is 1.45. The average molecular weight is 547 g/mol. The molecule has 2 saturated heterocycles. The van der Waals surface area contributed by atoms with E-state index in [0.717, 1.165) is 5.57 Å². The molecule has 4 aliphatic carbocycles. The van der Waals surface area contributed by atoms with Gasteiger partial charge in [-0.1, -0.05) is 25.5 Å². The van der Waals surface area contributed by atoms with Crippen molar-refractivity contribution in [2.45, 2.75) is 82.9 Å². The molecule has 0 radical (unpaired) electrons. The molecule has 1 spiro atoms. The Morgan fingerprint density at radius 1 is 1.02 bits per heavy atom. The Bertz CT molecular complexity index is 1420. The zero-order chi connectivity index (χ0) is 28.5. The normalized spacial score (nSPS) is 42.6. The minimum atomic E-state index is -1.26. The van der Waals surface area contributed by atoms with Gasteiger partial charge in [-0.3, -0.25) is 4.79 Å². The molecule has 0 amide bonds. The predicted octanol–water partition coefficient (Wildman–Crippen LogP) is 3.72. The highest BCUT2D eigenvalue weighted by atomic mass is 16.6. The van der Waals surface area contributed by atoms with Gasteiger partial charge in [0, 0.05) is 23.2 Å². The summed E-state index contributed by atoms with van der Waals surface area (Å²) in [7, 11) is 0. The van der Waals surface area contributed by atoms with Gasteiger partial charge < -0.3 is 24.1 Å². The van der Waals surface area contributed by atoms with Crippen LogP contribution in [0.5, 0.6) is 0 Å². The minimum absolute atomic E-state index is 0.0892. The van der Waals surface area contributed by atoms with Gasteiger partial charge in [0.25, 0.3) is 0 Å². The highest BCUT2D eigenvalue weighted by molar-refractivity contribution is 5.93. The quantitative estimate of drug-likeness (QED) is 0.246. The number of allylic oxidation sites excluding steroid dienone is 2.